The lowest BCUT2D eigenvalue weighted by Gasteiger charge is -2.26. The molecule has 8 heteroatoms. The minimum atomic E-state index is -3.63. The van der Waals surface area contributed by atoms with E-state index < -0.39 is 33.9 Å². The number of amides is 1. The van der Waals surface area contributed by atoms with Gasteiger partial charge in [0.1, 0.15) is 0 Å². The zero-order valence-electron chi connectivity index (χ0n) is 15.4. The van der Waals surface area contributed by atoms with E-state index in [-0.39, 0.29) is 10.5 Å². The number of rotatable bonds is 6. The number of benzene rings is 1. The first kappa shape index (κ1) is 20.4. The smallest absolute Gasteiger partial charge is 0.308 e. The Labute approximate surface area is 154 Å². The molecule has 0 radical (unpaired) electrons. The highest BCUT2D eigenvalue weighted by molar-refractivity contribution is 7.89. The maximum absolute atomic E-state index is 12.8. The van der Waals surface area contributed by atoms with Gasteiger partial charge >= 0.3 is 5.97 Å². The average molecular weight is 382 g/mol. The Morgan fingerprint density at radius 2 is 1.77 bits per heavy atom. The predicted octanol–water partition coefficient (Wildman–Crippen LogP) is 2.01. The summed E-state index contributed by atoms with van der Waals surface area (Å²) in [5.41, 5.74) is 0.878. The van der Waals surface area contributed by atoms with Crippen molar-refractivity contribution in [2.75, 3.05) is 13.1 Å². The van der Waals surface area contributed by atoms with Crippen LogP contribution in [0.2, 0.25) is 0 Å². The van der Waals surface area contributed by atoms with Crippen LogP contribution in [-0.4, -0.2) is 48.8 Å². The molecule has 0 spiro atoms. The van der Waals surface area contributed by atoms with E-state index >= 15 is 0 Å². The lowest BCUT2D eigenvalue weighted by Crippen LogP contribution is -2.40. The van der Waals surface area contributed by atoms with E-state index in [4.69, 9.17) is 5.11 Å². The van der Waals surface area contributed by atoms with E-state index in [2.05, 4.69) is 5.32 Å². The molecule has 0 bridgehead atoms. The fraction of sp³-hybridized carbons (Fsp3) is 0.556. The Bertz CT molecular complexity index is 785. The van der Waals surface area contributed by atoms with Crippen LogP contribution in [0.1, 0.15) is 49.0 Å². The highest BCUT2D eigenvalue weighted by Crippen LogP contribution is 2.23. The van der Waals surface area contributed by atoms with E-state index in [0.29, 0.717) is 18.7 Å². The van der Waals surface area contributed by atoms with E-state index in [1.165, 1.54) is 23.4 Å². The third-order valence-electron chi connectivity index (χ3n) is 4.90. The van der Waals surface area contributed by atoms with Crippen LogP contribution in [0, 0.1) is 12.8 Å². The number of sulfonamides is 1. The van der Waals surface area contributed by atoms with Gasteiger partial charge in [-0.3, -0.25) is 9.59 Å². The Morgan fingerprint density at radius 3 is 2.35 bits per heavy atom. The molecule has 2 N–H and O–H groups in total. The molecule has 7 nitrogen and oxygen atoms in total. The molecular weight excluding hydrogens is 356 g/mol. The Balaban J connectivity index is 2.26. The number of hydrogen-bond donors (Lipinski definition) is 2. The lowest BCUT2D eigenvalue weighted by atomic mass is 10.0. The van der Waals surface area contributed by atoms with E-state index in [0.717, 1.165) is 19.3 Å². The molecule has 2 unspecified atom stereocenters. The Morgan fingerprint density at radius 1 is 1.15 bits per heavy atom. The van der Waals surface area contributed by atoms with Gasteiger partial charge in [-0.15, -0.1) is 0 Å². The average Bonchev–Trinajstić information content (AvgIpc) is 2.61. The van der Waals surface area contributed by atoms with Crippen molar-refractivity contribution in [3.8, 4) is 0 Å². The second-order valence-electron chi connectivity index (χ2n) is 6.83. The van der Waals surface area contributed by atoms with Gasteiger partial charge in [0.15, 0.2) is 0 Å². The van der Waals surface area contributed by atoms with Gasteiger partial charge < -0.3 is 10.4 Å². The molecule has 1 fully saturated rings. The highest BCUT2D eigenvalue weighted by atomic mass is 32.2. The van der Waals surface area contributed by atoms with Crippen LogP contribution >= 0.6 is 0 Å². The number of carbonyl (C=O) groups excluding carboxylic acids is 1. The zero-order chi connectivity index (χ0) is 19.5. The van der Waals surface area contributed by atoms with Gasteiger partial charge in [0.05, 0.1) is 10.8 Å². The molecule has 1 heterocycles. The molecule has 1 amide bonds. The van der Waals surface area contributed by atoms with Gasteiger partial charge in [0.25, 0.3) is 5.91 Å². The molecule has 0 aliphatic carbocycles. The molecule has 2 atom stereocenters. The first-order valence-electron chi connectivity index (χ1n) is 8.79. The van der Waals surface area contributed by atoms with Gasteiger partial charge in [-0.05, 0) is 51.3 Å². The Kier molecular flexibility index (Phi) is 6.41. The van der Waals surface area contributed by atoms with Crippen LogP contribution < -0.4 is 5.32 Å². The minimum absolute atomic E-state index is 0.0917. The van der Waals surface area contributed by atoms with Crippen molar-refractivity contribution in [1.82, 2.24) is 9.62 Å². The normalized spacial score (nSPS) is 18.1. The second-order valence-corrected chi connectivity index (χ2v) is 8.77. The summed E-state index contributed by atoms with van der Waals surface area (Å²) >= 11 is 0. The Hall–Kier alpha value is -1.93. The van der Waals surface area contributed by atoms with Crippen LogP contribution in [-0.2, 0) is 14.8 Å². The fourth-order valence-corrected chi connectivity index (χ4v) is 4.43. The standard InChI is InChI=1S/C18H26N2O5S/c1-12-7-8-15(26(24,25)20-9-5-4-6-10-20)11-16(12)17(21)19-14(3)13(2)18(22)23/h7-8,11,13-14H,4-6,9-10H2,1-3H3,(H,19,21)(H,22,23). The molecule has 26 heavy (non-hydrogen) atoms. The van der Waals surface area contributed by atoms with Gasteiger partial charge in [-0.2, -0.15) is 4.31 Å². The van der Waals surface area contributed by atoms with Crippen LogP contribution in [0.15, 0.2) is 23.1 Å². The molecule has 2 rings (SSSR count). The molecule has 1 aliphatic rings. The number of piperidine rings is 1. The SMILES string of the molecule is Cc1ccc(S(=O)(=O)N2CCCCC2)cc1C(=O)NC(C)C(C)C(=O)O. The molecule has 1 aliphatic heterocycles. The summed E-state index contributed by atoms with van der Waals surface area (Å²) in [6.45, 7) is 5.82. The monoisotopic (exact) mass is 382 g/mol. The van der Waals surface area contributed by atoms with Crippen LogP contribution in [0.3, 0.4) is 0 Å². The summed E-state index contributed by atoms with van der Waals surface area (Å²) in [4.78, 5) is 23.7. The van der Waals surface area contributed by atoms with Crippen molar-refractivity contribution in [3.05, 3.63) is 29.3 Å². The van der Waals surface area contributed by atoms with E-state index in [9.17, 15) is 18.0 Å². The maximum Gasteiger partial charge on any atom is 0.308 e. The zero-order valence-corrected chi connectivity index (χ0v) is 16.2. The number of nitrogens with one attached hydrogen (secondary N) is 1. The predicted molar refractivity (Wildman–Crippen MR) is 97.5 cm³/mol. The fourth-order valence-electron chi connectivity index (χ4n) is 2.88. The number of aliphatic carboxylic acids is 1. The molecule has 1 aromatic rings. The molecule has 1 aromatic carbocycles. The maximum atomic E-state index is 12.8. The number of carboxylic acids is 1. The quantitative estimate of drug-likeness (QED) is 0.783. The van der Waals surface area contributed by atoms with Crippen molar-refractivity contribution in [1.29, 1.82) is 0 Å². The highest BCUT2D eigenvalue weighted by Gasteiger charge is 2.28. The third kappa shape index (κ3) is 4.42. The second kappa shape index (κ2) is 8.18. The molecular formula is C18H26N2O5S. The van der Waals surface area contributed by atoms with Gasteiger partial charge in [-0.25, -0.2) is 8.42 Å². The van der Waals surface area contributed by atoms with Gasteiger partial charge in [-0.1, -0.05) is 12.5 Å². The number of nitrogens with zero attached hydrogens (tertiary/aromatic N) is 1. The minimum Gasteiger partial charge on any atom is -0.481 e. The van der Waals surface area contributed by atoms with Gasteiger partial charge in [0.2, 0.25) is 10.0 Å². The van der Waals surface area contributed by atoms with Crippen molar-refractivity contribution in [2.24, 2.45) is 5.92 Å². The van der Waals surface area contributed by atoms with E-state index in [1.807, 2.05) is 0 Å². The van der Waals surface area contributed by atoms with Crippen LogP contribution in [0.5, 0.6) is 0 Å². The van der Waals surface area contributed by atoms with Crippen molar-refractivity contribution in [3.63, 3.8) is 0 Å². The molecule has 1 saturated heterocycles. The summed E-state index contributed by atoms with van der Waals surface area (Å²) in [7, 11) is -3.63. The number of hydrogen-bond acceptors (Lipinski definition) is 4. The van der Waals surface area contributed by atoms with E-state index in [1.54, 1.807) is 19.9 Å². The topological polar surface area (TPSA) is 104 Å². The number of aryl methyl sites for hydroxylation is 1. The summed E-state index contributed by atoms with van der Waals surface area (Å²) in [6.07, 6.45) is 2.69. The molecule has 0 saturated carbocycles. The summed E-state index contributed by atoms with van der Waals surface area (Å²) in [5, 5.41) is 11.7. The number of carbonyl (C=O) groups is 2. The largest absolute Gasteiger partial charge is 0.481 e. The van der Waals surface area contributed by atoms with Crippen molar-refractivity contribution in [2.45, 2.75) is 51.0 Å². The molecule has 144 valence electrons. The van der Waals surface area contributed by atoms with Crippen LogP contribution in [0.25, 0.3) is 0 Å². The molecule has 0 aromatic heterocycles. The summed E-state index contributed by atoms with van der Waals surface area (Å²) in [5.74, 6) is -2.23. The summed E-state index contributed by atoms with van der Waals surface area (Å²) in [6, 6.07) is 3.92. The van der Waals surface area contributed by atoms with Crippen molar-refractivity contribution < 1.29 is 23.1 Å². The first-order chi connectivity index (χ1) is 12.1. The summed E-state index contributed by atoms with van der Waals surface area (Å²) < 4.78 is 27.1. The van der Waals surface area contributed by atoms with Gasteiger partial charge in [0, 0.05) is 24.7 Å². The van der Waals surface area contributed by atoms with Crippen LogP contribution in [0.4, 0.5) is 0 Å². The lowest BCUT2D eigenvalue weighted by molar-refractivity contribution is -0.141. The third-order valence-corrected chi connectivity index (χ3v) is 6.80. The first-order valence-corrected chi connectivity index (χ1v) is 10.2. The number of carboxylic acid groups (broad SMARTS) is 1. The van der Waals surface area contributed by atoms with Crippen molar-refractivity contribution >= 4 is 21.9 Å².